The smallest absolute Gasteiger partial charge is 0.277 e. The van der Waals surface area contributed by atoms with Gasteiger partial charge in [0.2, 0.25) is 5.91 Å². The predicted molar refractivity (Wildman–Crippen MR) is 111 cm³/mol. The van der Waals surface area contributed by atoms with Crippen LogP contribution >= 0.6 is 11.8 Å². The number of para-hydroxylation sites is 1. The highest BCUT2D eigenvalue weighted by molar-refractivity contribution is 7.99. The molecule has 0 unspecified atom stereocenters. The lowest BCUT2D eigenvalue weighted by molar-refractivity contribution is -0.384. The number of hydrazine groups is 1. The second-order valence-corrected chi connectivity index (χ2v) is 7.15. The summed E-state index contributed by atoms with van der Waals surface area (Å²) in [6, 6.07) is 12.8. The number of nitrogens with zero attached hydrogens (tertiary/aromatic N) is 3. The SMILES string of the molecule is O=C(CSc1nnc(-c2c[nH]c3ccccc23)o1)NNC(=O)c1cccc([N+](=O)[O-])c1. The Balaban J connectivity index is 1.31. The Morgan fingerprint density at radius 2 is 1.97 bits per heavy atom. The van der Waals surface area contributed by atoms with E-state index < -0.39 is 16.7 Å². The number of carbonyl (C=O) groups is 2. The van der Waals surface area contributed by atoms with Crippen LogP contribution in [-0.2, 0) is 4.79 Å². The predicted octanol–water partition coefficient (Wildman–Crippen LogP) is 2.68. The van der Waals surface area contributed by atoms with Crippen LogP contribution in [0.4, 0.5) is 5.69 Å². The van der Waals surface area contributed by atoms with E-state index in [1.165, 1.54) is 18.2 Å². The van der Waals surface area contributed by atoms with Gasteiger partial charge in [-0.2, -0.15) is 0 Å². The molecule has 4 rings (SSSR count). The topological polar surface area (TPSA) is 156 Å². The number of amides is 2. The number of H-pyrrole nitrogens is 1. The fourth-order valence-electron chi connectivity index (χ4n) is 2.75. The molecule has 0 fully saturated rings. The molecular formula is C19H14N6O5S. The number of benzene rings is 2. The number of rotatable bonds is 6. The Hall–Kier alpha value is -4.19. The molecule has 0 radical (unpaired) electrons. The summed E-state index contributed by atoms with van der Waals surface area (Å²) in [6.07, 6.45) is 1.77. The monoisotopic (exact) mass is 438 g/mol. The minimum absolute atomic E-state index is 0.0439. The number of fused-ring (bicyclic) bond motifs is 1. The lowest BCUT2D eigenvalue weighted by Gasteiger charge is -2.06. The van der Waals surface area contributed by atoms with Crippen molar-refractivity contribution in [3.63, 3.8) is 0 Å². The second-order valence-electron chi connectivity index (χ2n) is 6.22. The van der Waals surface area contributed by atoms with Crippen LogP contribution in [0, 0.1) is 10.1 Å². The Morgan fingerprint density at radius 3 is 2.81 bits per heavy atom. The van der Waals surface area contributed by atoms with Gasteiger partial charge in [0.15, 0.2) is 0 Å². The first kappa shape index (κ1) is 20.1. The number of carbonyl (C=O) groups excluding carboxylic acids is 2. The Bertz CT molecular complexity index is 1280. The Morgan fingerprint density at radius 1 is 1.13 bits per heavy atom. The number of thioether (sulfide) groups is 1. The van der Waals surface area contributed by atoms with Crippen LogP contribution in [0.5, 0.6) is 0 Å². The molecule has 2 heterocycles. The largest absolute Gasteiger partial charge is 0.411 e. The number of nitro groups is 1. The molecule has 0 saturated heterocycles. The summed E-state index contributed by atoms with van der Waals surface area (Å²) in [4.78, 5) is 37.3. The average molecular weight is 438 g/mol. The molecule has 0 spiro atoms. The molecule has 0 bridgehead atoms. The maximum Gasteiger partial charge on any atom is 0.277 e. The number of non-ortho nitro benzene ring substituents is 1. The van der Waals surface area contributed by atoms with E-state index in [-0.39, 0.29) is 22.2 Å². The first-order valence-electron chi connectivity index (χ1n) is 8.87. The third kappa shape index (κ3) is 4.53. The molecule has 0 atom stereocenters. The van der Waals surface area contributed by atoms with E-state index >= 15 is 0 Å². The van der Waals surface area contributed by atoms with Crippen LogP contribution < -0.4 is 10.9 Å². The van der Waals surface area contributed by atoms with Gasteiger partial charge in [-0.05, 0) is 12.1 Å². The quantitative estimate of drug-likeness (QED) is 0.236. The van der Waals surface area contributed by atoms with Crippen LogP contribution in [0.1, 0.15) is 10.4 Å². The molecule has 2 aromatic carbocycles. The first-order chi connectivity index (χ1) is 15.0. The van der Waals surface area contributed by atoms with Crippen molar-refractivity contribution in [1.29, 1.82) is 0 Å². The molecule has 11 nitrogen and oxygen atoms in total. The van der Waals surface area contributed by atoms with Gasteiger partial charge in [0.1, 0.15) is 0 Å². The third-order valence-corrected chi connectivity index (χ3v) is 5.01. The summed E-state index contributed by atoms with van der Waals surface area (Å²) in [5, 5.41) is 19.8. The van der Waals surface area contributed by atoms with Gasteiger partial charge < -0.3 is 9.40 Å². The minimum Gasteiger partial charge on any atom is -0.411 e. The van der Waals surface area contributed by atoms with Gasteiger partial charge in [-0.1, -0.05) is 36.0 Å². The fourth-order valence-corrected chi connectivity index (χ4v) is 3.31. The van der Waals surface area contributed by atoms with E-state index in [1.54, 1.807) is 6.20 Å². The van der Waals surface area contributed by atoms with E-state index in [4.69, 9.17) is 4.42 Å². The Kier molecular flexibility index (Phi) is 5.62. The molecule has 2 aromatic heterocycles. The van der Waals surface area contributed by atoms with Gasteiger partial charge in [-0.15, -0.1) is 10.2 Å². The molecule has 2 amide bonds. The van der Waals surface area contributed by atoms with Crippen LogP contribution in [0.15, 0.2) is 64.4 Å². The van der Waals surface area contributed by atoms with Gasteiger partial charge in [-0.25, -0.2) is 0 Å². The molecule has 156 valence electrons. The minimum atomic E-state index is -0.679. The zero-order valence-electron chi connectivity index (χ0n) is 15.7. The lowest BCUT2D eigenvalue weighted by atomic mass is 10.2. The zero-order chi connectivity index (χ0) is 21.8. The summed E-state index contributed by atoms with van der Waals surface area (Å²) in [5.74, 6) is -0.971. The molecular weight excluding hydrogens is 424 g/mol. The van der Waals surface area contributed by atoms with E-state index in [0.717, 1.165) is 34.3 Å². The molecule has 0 aliphatic heterocycles. The molecule has 0 saturated carbocycles. The van der Waals surface area contributed by atoms with Gasteiger partial charge in [0.05, 0.1) is 16.2 Å². The molecule has 31 heavy (non-hydrogen) atoms. The highest BCUT2D eigenvalue weighted by atomic mass is 32.2. The van der Waals surface area contributed by atoms with Gasteiger partial charge in [-0.3, -0.25) is 30.6 Å². The highest BCUT2D eigenvalue weighted by Gasteiger charge is 2.15. The number of aromatic nitrogens is 3. The number of aromatic amines is 1. The number of nitrogens with one attached hydrogen (secondary N) is 3. The van der Waals surface area contributed by atoms with E-state index in [0.29, 0.717) is 5.89 Å². The normalized spacial score (nSPS) is 10.7. The lowest BCUT2D eigenvalue weighted by Crippen LogP contribution is -2.42. The summed E-state index contributed by atoms with van der Waals surface area (Å²) in [7, 11) is 0. The summed E-state index contributed by atoms with van der Waals surface area (Å²) < 4.78 is 5.61. The molecule has 0 aliphatic carbocycles. The van der Waals surface area contributed by atoms with Gasteiger partial charge in [0.25, 0.3) is 22.7 Å². The van der Waals surface area contributed by atoms with Crippen LogP contribution in [0.3, 0.4) is 0 Å². The van der Waals surface area contributed by atoms with Crippen LogP contribution in [-0.4, -0.2) is 37.7 Å². The molecule has 0 aliphatic rings. The molecule has 12 heteroatoms. The van der Waals surface area contributed by atoms with Crippen molar-refractivity contribution in [2.24, 2.45) is 0 Å². The van der Waals surface area contributed by atoms with Gasteiger partial charge in [0, 0.05) is 34.8 Å². The summed E-state index contributed by atoms with van der Waals surface area (Å²) in [5.41, 5.74) is 5.94. The van der Waals surface area contributed by atoms with Crippen molar-refractivity contribution < 1.29 is 18.9 Å². The van der Waals surface area contributed by atoms with Crippen molar-refractivity contribution in [1.82, 2.24) is 26.0 Å². The van der Waals surface area contributed by atoms with Crippen molar-refractivity contribution in [2.45, 2.75) is 5.22 Å². The summed E-state index contributed by atoms with van der Waals surface area (Å²) >= 11 is 1.00. The van der Waals surface area contributed by atoms with Crippen LogP contribution in [0.25, 0.3) is 22.4 Å². The van der Waals surface area contributed by atoms with Gasteiger partial charge >= 0.3 is 0 Å². The average Bonchev–Trinajstić information content (AvgIpc) is 3.42. The maximum atomic E-state index is 12.0. The number of hydrogen-bond acceptors (Lipinski definition) is 8. The second kappa shape index (κ2) is 8.67. The summed E-state index contributed by atoms with van der Waals surface area (Å²) in [6.45, 7) is 0. The van der Waals surface area contributed by atoms with E-state index in [9.17, 15) is 19.7 Å². The van der Waals surface area contributed by atoms with Crippen LogP contribution in [0.2, 0.25) is 0 Å². The fraction of sp³-hybridized carbons (Fsp3) is 0.0526. The number of hydrogen-bond donors (Lipinski definition) is 3. The first-order valence-corrected chi connectivity index (χ1v) is 9.86. The third-order valence-electron chi connectivity index (χ3n) is 4.19. The van der Waals surface area contributed by atoms with E-state index in [2.05, 4.69) is 26.0 Å². The van der Waals surface area contributed by atoms with Crippen molar-refractivity contribution in [3.8, 4) is 11.5 Å². The standard InChI is InChI=1S/C19H14N6O5S/c26-16(21-22-17(27)11-4-3-5-12(8-11)25(28)29)10-31-19-24-23-18(30-19)14-9-20-15-7-2-1-6-13(14)15/h1-9,20H,10H2,(H,21,26)(H,22,27). The zero-order valence-corrected chi connectivity index (χ0v) is 16.5. The maximum absolute atomic E-state index is 12.0. The Labute approximate surface area is 178 Å². The van der Waals surface area contributed by atoms with Crippen molar-refractivity contribution in [2.75, 3.05) is 5.75 Å². The van der Waals surface area contributed by atoms with E-state index in [1.807, 2.05) is 24.3 Å². The number of nitro benzene ring substituents is 1. The highest BCUT2D eigenvalue weighted by Crippen LogP contribution is 2.29. The molecule has 3 N–H and O–H groups in total. The molecule has 4 aromatic rings. The van der Waals surface area contributed by atoms with Crippen molar-refractivity contribution >= 4 is 40.2 Å². The van der Waals surface area contributed by atoms with Crippen molar-refractivity contribution in [3.05, 3.63) is 70.4 Å².